The summed E-state index contributed by atoms with van der Waals surface area (Å²) in [6.07, 6.45) is 1.50. The number of benzene rings is 1. The van der Waals surface area contributed by atoms with Crippen LogP contribution in [0.4, 0.5) is 4.79 Å². The number of ether oxygens (including phenoxy) is 1. The molecule has 8 heteroatoms. The molecule has 0 atom stereocenters. The average Bonchev–Trinajstić information content (AvgIpc) is 3.14. The van der Waals surface area contributed by atoms with Crippen LogP contribution in [0.5, 0.6) is 0 Å². The Morgan fingerprint density at radius 3 is 2.52 bits per heavy atom. The summed E-state index contributed by atoms with van der Waals surface area (Å²) in [6, 6.07) is 12.2. The van der Waals surface area contributed by atoms with E-state index in [1.54, 1.807) is 24.0 Å². The smallest absolute Gasteiger partial charge is 0.321 e. The maximum atomic E-state index is 12.2. The lowest BCUT2D eigenvalue weighted by atomic mass is 10.2. The predicted molar refractivity (Wildman–Crippen MR) is 97.4 cm³/mol. The Bertz CT molecular complexity index is 731. The highest BCUT2D eigenvalue weighted by molar-refractivity contribution is 5.95. The first-order valence-corrected chi connectivity index (χ1v) is 8.58. The molecule has 27 heavy (non-hydrogen) atoms. The van der Waals surface area contributed by atoms with Crippen LogP contribution < -0.4 is 10.6 Å². The van der Waals surface area contributed by atoms with Gasteiger partial charge in [-0.2, -0.15) is 0 Å². The molecule has 2 N–H and O–H groups in total. The van der Waals surface area contributed by atoms with Gasteiger partial charge in [0, 0.05) is 6.54 Å². The summed E-state index contributed by atoms with van der Waals surface area (Å²) < 4.78 is 10.1. The molecule has 0 fully saturated rings. The number of rotatable bonds is 9. The zero-order valence-electron chi connectivity index (χ0n) is 15.1. The SMILES string of the molecule is CCOC(=O)CN(CC(=O)NC(=O)NCc1ccco1)Cc1ccccc1. The molecule has 2 rings (SSSR count). The zero-order valence-corrected chi connectivity index (χ0v) is 15.1. The summed E-state index contributed by atoms with van der Waals surface area (Å²) in [5.74, 6) is -0.374. The van der Waals surface area contributed by atoms with Gasteiger partial charge in [-0.05, 0) is 24.6 Å². The Morgan fingerprint density at radius 1 is 1.07 bits per heavy atom. The first kappa shape index (κ1) is 20.2. The largest absolute Gasteiger partial charge is 0.467 e. The van der Waals surface area contributed by atoms with Gasteiger partial charge in [0.15, 0.2) is 0 Å². The van der Waals surface area contributed by atoms with E-state index in [4.69, 9.17) is 9.15 Å². The van der Waals surface area contributed by atoms with Gasteiger partial charge >= 0.3 is 12.0 Å². The summed E-state index contributed by atoms with van der Waals surface area (Å²) in [4.78, 5) is 37.4. The lowest BCUT2D eigenvalue weighted by molar-refractivity contribution is -0.144. The maximum absolute atomic E-state index is 12.2. The Kier molecular flexibility index (Phi) is 8.05. The van der Waals surface area contributed by atoms with E-state index in [1.807, 2.05) is 30.3 Å². The van der Waals surface area contributed by atoms with E-state index in [0.717, 1.165) is 5.56 Å². The Morgan fingerprint density at radius 2 is 1.85 bits per heavy atom. The van der Waals surface area contributed by atoms with Crippen molar-refractivity contribution < 1.29 is 23.5 Å². The molecule has 0 aliphatic carbocycles. The van der Waals surface area contributed by atoms with Crippen molar-refractivity contribution in [1.82, 2.24) is 15.5 Å². The molecule has 8 nitrogen and oxygen atoms in total. The third-order valence-electron chi connectivity index (χ3n) is 3.53. The average molecular weight is 373 g/mol. The Hall–Kier alpha value is -3.13. The van der Waals surface area contributed by atoms with E-state index in [2.05, 4.69) is 10.6 Å². The molecular formula is C19H23N3O5. The molecule has 0 bridgehead atoms. The number of imide groups is 1. The minimum Gasteiger partial charge on any atom is -0.467 e. The molecule has 144 valence electrons. The van der Waals surface area contributed by atoms with Gasteiger partial charge in [-0.15, -0.1) is 0 Å². The molecule has 1 aromatic heterocycles. The van der Waals surface area contributed by atoms with Gasteiger partial charge in [0.2, 0.25) is 5.91 Å². The van der Waals surface area contributed by atoms with Crippen molar-refractivity contribution in [3.8, 4) is 0 Å². The third-order valence-corrected chi connectivity index (χ3v) is 3.53. The topological polar surface area (TPSA) is 101 Å². The lowest BCUT2D eigenvalue weighted by Crippen LogP contribution is -2.45. The Balaban J connectivity index is 1.86. The molecule has 0 radical (unpaired) electrons. The van der Waals surface area contributed by atoms with Crippen molar-refractivity contribution in [2.75, 3.05) is 19.7 Å². The number of hydrogen-bond donors (Lipinski definition) is 2. The first-order valence-electron chi connectivity index (χ1n) is 8.58. The van der Waals surface area contributed by atoms with Crippen molar-refractivity contribution in [2.24, 2.45) is 0 Å². The molecule has 0 saturated heterocycles. The van der Waals surface area contributed by atoms with Crippen LogP contribution in [0.25, 0.3) is 0 Å². The number of amides is 3. The second-order valence-corrected chi connectivity index (χ2v) is 5.75. The second kappa shape index (κ2) is 10.8. The van der Waals surface area contributed by atoms with E-state index in [9.17, 15) is 14.4 Å². The standard InChI is InChI=1S/C19H23N3O5/c1-2-26-18(24)14-22(12-15-7-4-3-5-8-15)13-17(23)21-19(25)20-11-16-9-6-10-27-16/h3-10H,2,11-14H2,1H3,(H2,20,21,23,25). The monoisotopic (exact) mass is 373 g/mol. The van der Waals surface area contributed by atoms with Crippen LogP contribution in [0.15, 0.2) is 53.1 Å². The Labute approximate surface area is 157 Å². The van der Waals surface area contributed by atoms with Crippen LogP contribution in [0.1, 0.15) is 18.2 Å². The highest BCUT2D eigenvalue weighted by atomic mass is 16.5. The highest BCUT2D eigenvalue weighted by Gasteiger charge is 2.17. The lowest BCUT2D eigenvalue weighted by Gasteiger charge is -2.20. The van der Waals surface area contributed by atoms with Crippen LogP contribution >= 0.6 is 0 Å². The van der Waals surface area contributed by atoms with Crippen molar-refractivity contribution in [2.45, 2.75) is 20.0 Å². The van der Waals surface area contributed by atoms with Crippen molar-refractivity contribution in [3.05, 3.63) is 60.1 Å². The molecule has 2 aromatic rings. The number of urea groups is 1. The minimum atomic E-state index is -0.632. The van der Waals surface area contributed by atoms with E-state index in [0.29, 0.717) is 12.3 Å². The molecule has 0 saturated carbocycles. The molecule has 1 aromatic carbocycles. The number of carbonyl (C=O) groups is 3. The van der Waals surface area contributed by atoms with Gasteiger partial charge in [0.25, 0.3) is 0 Å². The quantitative estimate of drug-likeness (QED) is 0.649. The minimum absolute atomic E-state index is 0.0514. The number of carbonyl (C=O) groups excluding carboxylic acids is 3. The van der Waals surface area contributed by atoms with Crippen LogP contribution in [-0.4, -0.2) is 42.5 Å². The van der Waals surface area contributed by atoms with E-state index in [1.165, 1.54) is 6.26 Å². The fourth-order valence-electron chi connectivity index (χ4n) is 2.39. The summed E-state index contributed by atoms with van der Waals surface area (Å²) in [6.45, 7) is 2.35. The number of nitrogens with zero attached hydrogens (tertiary/aromatic N) is 1. The van der Waals surface area contributed by atoms with Gasteiger partial charge < -0.3 is 14.5 Å². The zero-order chi connectivity index (χ0) is 19.5. The number of nitrogens with one attached hydrogen (secondary N) is 2. The number of furan rings is 1. The van der Waals surface area contributed by atoms with Gasteiger partial charge in [0.1, 0.15) is 5.76 Å². The third kappa shape index (κ3) is 7.74. The fourth-order valence-corrected chi connectivity index (χ4v) is 2.39. The first-order chi connectivity index (χ1) is 13.1. The second-order valence-electron chi connectivity index (χ2n) is 5.75. The highest BCUT2D eigenvalue weighted by Crippen LogP contribution is 2.04. The summed E-state index contributed by atoms with van der Waals surface area (Å²) in [7, 11) is 0. The fraction of sp³-hybridized carbons (Fsp3) is 0.316. The summed E-state index contributed by atoms with van der Waals surface area (Å²) in [5.41, 5.74) is 0.942. The van der Waals surface area contributed by atoms with E-state index < -0.39 is 17.9 Å². The normalized spacial score (nSPS) is 10.4. The molecule has 0 spiro atoms. The van der Waals surface area contributed by atoms with Gasteiger partial charge in [-0.3, -0.25) is 19.8 Å². The summed E-state index contributed by atoms with van der Waals surface area (Å²) >= 11 is 0. The molecule has 1 heterocycles. The van der Waals surface area contributed by atoms with Gasteiger partial charge in [-0.1, -0.05) is 30.3 Å². The molecule has 0 aliphatic rings. The van der Waals surface area contributed by atoms with E-state index in [-0.39, 0.29) is 26.2 Å². The predicted octanol–water partition coefficient (Wildman–Crippen LogP) is 1.67. The molecule has 0 aliphatic heterocycles. The number of hydrogen-bond acceptors (Lipinski definition) is 6. The maximum Gasteiger partial charge on any atom is 0.321 e. The van der Waals surface area contributed by atoms with Gasteiger partial charge in [-0.25, -0.2) is 4.79 Å². The summed E-state index contributed by atoms with van der Waals surface area (Å²) in [5, 5.41) is 4.76. The van der Waals surface area contributed by atoms with Gasteiger partial charge in [0.05, 0.1) is 32.5 Å². The molecule has 0 unspecified atom stereocenters. The van der Waals surface area contributed by atoms with Crippen LogP contribution in [0.2, 0.25) is 0 Å². The van der Waals surface area contributed by atoms with Crippen molar-refractivity contribution >= 4 is 17.9 Å². The molecular weight excluding hydrogens is 350 g/mol. The van der Waals surface area contributed by atoms with Crippen LogP contribution in [0, 0.1) is 0 Å². The van der Waals surface area contributed by atoms with Crippen molar-refractivity contribution in [1.29, 1.82) is 0 Å². The van der Waals surface area contributed by atoms with Crippen LogP contribution in [-0.2, 0) is 27.4 Å². The van der Waals surface area contributed by atoms with E-state index >= 15 is 0 Å². The van der Waals surface area contributed by atoms with Crippen molar-refractivity contribution in [3.63, 3.8) is 0 Å². The van der Waals surface area contributed by atoms with Crippen LogP contribution in [0.3, 0.4) is 0 Å². The number of esters is 1. The molecule has 3 amide bonds.